The van der Waals surface area contributed by atoms with Crippen LogP contribution in [0.4, 0.5) is 23.1 Å². The summed E-state index contributed by atoms with van der Waals surface area (Å²) < 4.78 is 0. The van der Waals surface area contributed by atoms with Gasteiger partial charge in [0.15, 0.2) is 6.07 Å². The monoisotopic (exact) mass is 566 g/mol. The van der Waals surface area contributed by atoms with E-state index < -0.39 is 6.04 Å². The summed E-state index contributed by atoms with van der Waals surface area (Å²) in [7, 11) is 4.18. The van der Waals surface area contributed by atoms with Crippen LogP contribution in [-0.4, -0.2) is 104 Å². The zero-order valence-corrected chi connectivity index (χ0v) is 24.6. The maximum Gasteiger partial charge on any atom is 0.247 e. The minimum absolute atomic E-state index is 0.195. The second kappa shape index (κ2) is 12.1. The van der Waals surface area contributed by atoms with Gasteiger partial charge < -0.3 is 35.6 Å². The first-order valence-corrected chi connectivity index (χ1v) is 14.3. The molecule has 11 heteroatoms. The summed E-state index contributed by atoms with van der Waals surface area (Å²) in [6.45, 7) is 10.4. The van der Waals surface area contributed by atoms with Crippen LogP contribution in [0.2, 0.25) is 0 Å². The Morgan fingerprint density at radius 3 is 2.57 bits per heavy atom. The van der Waals surface area contributed by atoms with Gasteiger partial charge in [0.2, 0.25) is 11.9 Å². The molecule has 2 aromatic rings. The lowest BCUT2D eigenvalue weighted by atomic mass is 10.0. The van der Waals surface area contributed by atoms with Crippen LogP contribution in [-0.2, 0) is 17.6 Å². The number of hydrogen-bond donors (Lipinski definition) is 2. The number of nitrogen functional groups attached to an aromatic ring is 1. The predicted molar refractivity (Wildman–Crippen MR) is 166 cm³/mol. The van der Waals surface area contributed by atoms with Crippen molar-refractivity contribution in [1.29, 1.82) is 10.7 Å². The molecule has 2 fully saturated rings. The fraction of sp³-hybridized carbons (Fsp3) is 0.452. The van der Waals surface area contributed by atoms with Gasteiger partial charge in [0.1, 0.15) is 11.9 Å². The topological polar surface area (TPSA) is 133 Å². The van der Waals surface area contributed by atoms with Crippen molar-refractivity contribution in [2.45, 2.75) is 31.8 Å². The second-order valence-corrected chi connectivity index (χ2v) is 11.2. The molecule has 0 saturated carbocycles. The van der Waals surface area contributed by atoms with Crippen LogP contribution in [0.5, 0.6) is 0 Å². The van der Waals surface area contributed by atoms with Crippen LogP contribution in [0.15, 0.2) is 24.8 Å². The lowest BCUT2D eigenvalue weighted by Crippen LogP contribution is -2.58. The SMILES string of the molecule is C=CC(=O)N1CCN(c2nc(N3CC(N(C)C)C3)nc3c2CCN(c2c(C)ccc(N)c2C=N)CC3)CC1C#CC#N. The number of carbonyl (C=O) groups excluding carboxylic acids is 1. The number of nitrogens with two attached hydrogens (primary N) is 1. The van der Waals surface area contributed by atoms with Crippen molar-refractivity contribution < 1.29 is 4.79 Å². The second-order valence-electron chi connectivity index (χ2n) is 11.2. The van der Waals surface area contributed by atoms with Crippen molar-refractivity contribution in [3.63, 3.8) is 0 Å². The molecule has 3 N–H and O–H groups in total. The fourth-order valence-corrected chi connectivity index (χ4v) is 6.04. The summed E-state index contributed by atoms with van der Waals surface area (Å²) in [4.78, 5) is 33.5. The standard InChI is InChI=1S/C31H38N10O/c1-5-28(42)41-16-15-39(18-22(41)7-6-12-32)30-24-10-13-38(29-21(2)8-9-26(34)25(29)17-33)14-11-27(24)35-31(36-30)40-19-23(20-40)37(3)4/h5,8-9,17,22-23,33H,1,10-11,13-16,18-20,34H2,2-4H3. The van der Waals surface area contributed by atoms with Crippen LogP contribution in [0.1, 0.15) is 22.4 Å². The first-order chi connectivity index (χ1) is 20.2. The minimum atomic E-state index is -0.451. The van der Waals surface area contributed by atoms with Crippen LogP contribution in [0.3, 0.4) is 0 Å². The molecule has 11 nitrogen and oxygen atoms in total. The highest BCUT2D eigenvalue weighted by atomic mass is 16.2. The molecular formula is C31H38N10O. The number of likely N-dealkylation sites (N-methyl/N-ethyl adjacent to an activating group) is 1. The van der Waals surface area contributed by atoms with Crippen LogP contribution >= 0.6 is 0 Å². The van der Waals surface area contributed by atoms with Gasteiger partial charge in [-0.3, -0.25) is 4.79 Å². The molecule has 0 bridgehead atoms. The van der Waals surface area contributed by atoms with Gasteiger partial charge in [-0.05, 0) is 45.1 Å². The predicted octanol–water partition coefficient (Wildman–Crippen LogP) is 1.45. The molecule has 4 heterocycles. The quantitative estimate of drug-likeness (QED) is 0.231. The van der Waals surface area contributed by atoms with E-state index in [1.54, 1.807) is 4.90 Å². The first-order valence-electron chi connectivity index (χ1n) is 14.3. The van der Waals surface area contributed by atoms with Crippen molar-refractivity contribution in [3.05, 3.63) is 47.2 Å². The Kier molecular flexibility index (Phi) is 8.32. The zero-order valence-electron chi connectivity index (χ0n) is 24.6. The highest BCUT2D eigenvalue weighted by molar-refractivity contribution is 5.94. The van der Waals surface area contributed by atoms with E-state index in [1.165, 1.54) is 12.3 Å². The number of hydrogen-bond acceptors (Lipinski definition) is 10. The molecule has 1 amide bonds. The molecule has 1 aromatic heterocycles. The molecule has 218 valence electrons. The summed E-state index contributed by atoms with van der Waals surface area (Å²) in [5.74, 6) is 6.86. The highest BCUT2D eigenvalue weighted by Crippen LogP contribution is 2.34. The molecule has 2 saturated heterocycles. The van der Waals surface area contributed by atoms with E-state index in [0.717, 1.165) is 78.9 Å². The number of benzene rings is 1. The fourth-order valence-electron chi connectivity index (χ4n) is 6.04. The van der Waals surface area contributed by atoms with Gasteiger partial charge in [0.25, 0.3) is 0 Å². The summed E-state index contributed by atoms with van der Waals surface area (Å²) in [5.41, 5.74) is 11.8. The summed E-state index contributed by atoms with van der Waals surface area (Å²) in [6.07, 6.45) is 4.08. The van der Waals surface area contributed by atoms with Gasteiger partial charge in [-0.1, -0.05) is 18.6 Å². The van der Waals surface area contributed by atoms with E-state index in [4.69, 9.17) is 26.4 Å². The Morgan fingerprint density at radius 2 is 1.88 bits per heavy atom. The number of nitriles is 1. The lowest BCUT2D eigenvalue weighted by Gasteiger charge is -2.44. The Balaban J connectivity index is 1.51. The molecule has 1 atom stereocenters. The van der Waals surface area contributed by atoms with Gasteiger partial charge in [-0.15, -0.1) is 0 Å². The molecule has 3 aliphatic heterocycles. The van der Waals surface area contributed by atoms with Crippen molar-refractivity contribution in [1.82, 2.24) is 19.8 Å². The average Bonchev–Trinajstić information content (AvgIpc) is 3.17. The number of nitrogens with one attached hydrogen (secondary N) is 1. The molecule has 1 unspecified atom stereocenters. The maximum atomic E-state index is 12.6. The summed E-state index contributed by atoms with van der Waals surface area (Å²) in [5, 5.41) is 17.2. The third-order valence-electron chi connectivity index (χ3n) is 8.53. The third kappa shape index (κ3) is 5.48. The van der Waals surface area contributed by atoms with Crippen molar-refractivity contribution in [2.75, 3.05) is 80.3 Å². The van der Waals surface area contributed by atoms with E-state index in [0.29, 0.717) is 31.4 Å². The summed E-state index contributed by atoms with van der Waals surface area (Å²) >= 11 is 0. The number of aromatic nitrogens is 2. The Morgan fingerprint density at radius 1 is 1.12 bits per heavy atom. The number of nitrogens with zero attached hydrogens (tertiary/aromatic N) is 8. The Labute approximate surface area is 247 Å². The Bertz CT molecular complexity index is 1490. The number of piperazine rings is 1. The zero-order chi connectivity index (χ0) is 30.0. The van der Waals surface area contributed by atoms with Crippen LogP contribution in [0, 0.1) is 35.5 Å². The molecule has 42 heavy (non-hydrogen) atoms. The molecule has 0 aliphatic carbocycles. The minimum Gasteiger partial charge on any atom is -0.398 e. The first kappa shape index (κ1) is 28.9. The lowest BCUT2D eigenvalue weighted by molar-refractivity contribution is -0.127. The van der Waals surface area contributed by atoms with Gasteiger partial charge in [-0.25, -0.2) is 4.98 Å². The van der Waals surface area contributed by atoms with E-state index in [9.17, 15) is 4.79 Å². The number of anilines is 4. The normalized spacial score (nSPS) is 18.8. The average molecular weight is 567 g/mol. The van der Waals surface area contributed by atoms with Crippen molar-refractivity contribution in [3.8, 4) is 17.9 Å². The van der Waals surface area contributed by atoms with Crippen LogP contribution < -0.4 is 20.4 Å². The molecule has 1 aromatic carbocycles. The highest BCUT2D eigenvalue weighted by Gasteiger charge is 2.35. The van der Waals surface area contributed by atoms with E-state index in [1.807, 2.05) is 18.2 Å². The smallest absolute Gasteiger partial charge is 0.247 e. The maximum absolute atomic E-state index is 12.6. The molecule has 3 aliphatic rings. The third-order valence-corrected chi connectivity index (χ3v) is 8.53. The van der Waals surface area contributed by atoms with Crippen molar-refractivity contribution in [2.24, 2.45) is 0 Å². The van der Waals surface area contributed by atoms with Crippen LogP contribution in [0.25, 0.3) is 0 Å². The van der Waals surface area contributed by atoms with Gasteiger partial charge in [-0.2, -0.15) is 10.2 Å². The molecular weight excluding hydrogens is 528 g/mol. The number of rotatable bonds is 6. The molecule has 5 rings (SSSR count). The largest absolute Gasteiger partial charge is 0.398 e. The van der Waals surface area contributed by atoms with Gasteiger partial charge in [0, 0.05) is 80.7 Å². The van der Waals surface area contributed by atoms with Crippen molar-refractivity contribution >= 4 is 35.3 Å². The number of carbonyl (C=O) groups is 1. The summed E-state index contributed by atoms with van der Waals surface area (Å²) in [6, 6.07) is 5.76. The number of aryl methyl sites for hydroxylation is 1. The number of fused-ring (bicyclic) bond motifs is 1. The van der Waals surface area contributed by atoms with E-state index in [2.05, 4.69) is 59.0 Å². The Hall–Kier alpha value is -4.61. The van der Waals surface area contributed by atoms with Gasteiger partial charge in [0.05, 0.1) is 17.9 Å². The van der Waals surface area contributed by atoms with E-state index >= 15 is 0 Å². The molecule has 0 radical (unpaired) electrons. The molecule has 0 spiro atoms. The van der Waals surface area contributed by atoms with Gasteiger partial charge >= 0.3 is 0 Å². The van der Waals surface area contributed by atoms with E-state index in [-0.39, 0.29) is 5.91 Å². The number of amides is 1.